The topological polar surface area (TPSA) is 180 Å². The Kier molecular flexibility index (Phi) is 15.1. The number of halogens is 1. The van der Waals surface area contributed by atoms with Crippen molar-refractivity contribution in [2.45, 2.75) is 65.5 Å². The van der Waals surface area contributed by atoms with Crippen molar-refractivity contribution in [2.24, 2.45) is 0 Å². The molecule has 12 heteroatoms. The Balaban J connectivity index is 0.00000196. The molecule has 1 unspecified atom stereocenters. The second kappa shape index (κ2) is 17.7. The van der Waals surface area contributed by atoms with Gasteiger partial charge in [0.2, 0.25) is 5.91 Å². The van der Waals surface area contributed by atoms with Crippen LogP contribution in [-0.4, -0.2) is 57.4 Å². The fraction of sp³-hybridized carbons (Fsp3) is 0.414. The number of anilines is 1. The Hall–Kier alpha value is -3.96. The van der Waals surface area contributed by atoms with Crippen molar-refractivity contribution < 1.29 is 34.8 Å². The molecular formula is C29H41ClN4O7. The molecule has 2 amide bonds. The van der Waals surface area contributed by atoms with E-state index in [2.05, 4.69) is 41.7 Å². The lowest BCUT2D eigenvalue weighted by atomic mass is 10.00. The van der Waals surface area contributed by atoms with Crippen LogP contribution >= 0.6 is 11.6 Å². The van der Waals surface area contributed by atoms with Crippen LogP contribution in [0.1, 0.15) is 74.0 Å². The zero-order valence-electron chi connectivity index (χ0n) is 23.9. The minimum Gasteiger partial charge on any atom is -0.508 e. The van der Waals surface area contributed by atoms with Gasteiger partial charge in [0.15, 0.2) is 0 Å². The summed E-state index contributed by atoms with van der Waals surface area (Å²) in [5.41, 5.74) is 0.928. The Morgan fingerprint density at radius 2 is 1.66 bits per heavy atom. The summed E-state index contributed by atoms with van der Waals surface area (Å²) >= 11 is 6.03. The van der Waals surface area contributed by atoms with Crippen LogP contribution in [0.2, 0.25) is 5.02 Å². The van der Waals surface area contributed by atoms with E-state index in [0.29, 0.717) is 23.5 Å². The van der Waals surface area contributed by atoms with Crippen LogP contribution in [0.15, 0.2) is 42.7 Å². The van der Waals surface area contributed by atoms with Crippen LogP contribution in [0, 0.1) is 6.92 Å². The first-order chi connectivity index (χ1) is 19.3. The SMILES string of the molecule is C=C(NCC(O)CC)Nc1cc(O)cc(C(=O)NCC(=O)N[C@H](CC(=O)O)c2cc(Cl)cc(C)c2O)c1.CCCC. The summed E-state index contributed by atoms with van der Waals surface area (Å²) in [7, 11) is 0. The van der Waals surface area contributed by atoms with Gasteiger partial charge in [0.25, 0.3) is 5.91 Å². The molecular weight excluding hydrogens is 552 g/mol. The van der Waals surface area contributed by atoms with Gasteiger partial charge in [-0.15, -0.1) is 0 Å². The van der Waals surface area contributed by atoms with Crippen molar-refractivity contribution in [3.8, 4) is 11.5 Å². The van der Waals surface area contributed by atoms with E-state index in [1.165, 1.54) is 43.2 Å². The number of aliphatic hydroxyl groups excluding tert-OH is 1. The molecule has 0 aromatic heterocycles. The smallest absolute Gasteiger partial charge is 0.305 e. The summed E-state index contributed by atoms with van der Waals surface area (Å²) in [6.45, 7) is 11.3. The number of aromatic hydroxyl groups is 2. The largest absolute Gasteiger partial charge is 0.508 e. The van der Waals surface area contributed by atoms with Crippen molar-refractivity contribution >= 4 is 35.1 Å². The fourth-order valence-corrected chi connectivity index (χ4v) is 3.65. The Bertz CT molecular complexity index is 1200. The molecule has 0 saturated carbocycles. The molecule has 0 aliphatic heterocycles. The molecule has 41 heavy (non-hydrogen) atoms. The number of carboxylic acid groups (broad SMARTS) is 1. The van der Waals surface area contributed by atoms with Crippen LogP contribution in [0.5, 0.6) is 11.5 Å². The van der Waals surface area contributed by atoms with Crippen molar-refractivity contribution in [1.29, 1.82) is 0 Å². The number of hydrogen-bond acceptors (Lipinski definition) is 8. The van der Waals surface area contributed by atoms with Gasteiger partial charge in [0.1, 0.15) is 11.5 Å². The minimum absolute atomic E-state index is 0.0434. The summed E-state index contributed by atoms with van der Waals surface area (Å²) in [6, 6.07) is 5.76. The van der Waals surface area contributed by atoms with Crippen molar-refractivity contribution in [3.63, 3.8) is 0 Å². The number of aliphatic hydroxyl groups is 1. The lowest BCUT2D eigenvalue weighted by Gasteiger charge is -2.20. The number of hydrogen-bond donors (Lipinski definition) is 8. The molecule has 11 nitrogen and oxygen atoms in total. The molecule has 2 aromatic carbocycles. The van der Waals surface area contributed by atoms with Crippen molar-refractivity contribution in [1.82, 2.24) is 16.0 Å². The predicted molar refractivity (Wildman–Crippen MR) is 159 cm³/mol. The molecule has 2 atom stereocenters. The summed E-state index contributed by atoms with van der Waals surface area (Å²) in [4.78, 5) is 36.5. The number of benzene rings is 2. The van der Waals surface area contributed by atoms with Gasteiger partial charge < -0.3 is 41.7 Å². The molecule has 8 N–H and O–H groups in total. The van der Waals surface area contributed by atoms with Crippen LogP contribution < -0.4 is 21.3 Å². The molecule has 0 aliphatic carbocycles. The summed E-state index contributed by atoms with van der Waals surface area (Å²) in [5, 5.41) is 50.2. The van der Waals surface area contributed by atoms with Gasteiger partial charge in [0.05, 0.1) is 30.9 Å². The molecule has 0 aliphatic rings. The number of aryl methyl sites for hydroxylation is 1. The number of amides is 2. The van der Waals surface area contributed by atoms with E-state index in [9.17, 15) is 34.8 Å². The van der Waals surface area contributed by atoms with Crippen LogP contribution in [0.4, 0.5) is 5.69 Å². The zero-order valence-corrected chi connectivity index (χ0v) is 24.6. The van der Waals surface area contributed by atoms with Gasteiger partial charge in [-0.25, -0.2) is 0 Å². The van der Waals surface area contributed by atoms with Crippen molar-refractivity contribution in [2.75, 3.05) is 18.4 Å². The molecule has 0 radical (unpaired) electrons. The number of carboxylic acids is 1. The van der Waals surface area contributed by atoms with Gasteiger partial charge in [0, 0.05) is 34.4 Å². The quantitative estimate of drug-likeness (QED) is 0.160. The van der Waals surface area contributed by atoms with E-state index in [4.69, 9.17) is 11.6 Å². The standard InChI is InChI=1S/C25H31ClN4O7.C4H10/c1-4-18(31)11-27-14(3)29-17-6-15(7-19(32)9-17)25(37)28-12-22(33)30-21(10-23(34)35)20-8-16(26)5-13(2)24(20)36;1-3-4-2/h5-9,18,21,27,29,31-32,36H,3-4,10-12H2,1-2H3,(H,28,37)(H,30,33)(H,34,35);3-4H2,1-2H3/t18?,21-;/m1./s1. The van der Waals surface area contributed by atoms with E-state index in [1.54, 1.807) is 6.92 Å². The molecule has 0 fully saturated rings. The third-order valence-corrected chi connectivity index (χ3v) is 6.01. The lowest BCUT2D eigenvalue weighted by Crippen LogP contribution is -2.39. The number of nitrogens with one attached hydrogen (secondary N) is 4. The number of phenols is 2. The number of aliphatic carboxylic acids is 1. The highest BCUT2D eigenvalue weighted by Crippen LogP contribution is 2.32. The van der Waals surface area contributed by atoms with Crippen LogP contribution in [0.3, 0.4) is 0 Å². The average Bonchev–Trinajstić information content (AvgIpc) is 2.91. The molecule has 0 heterocycles. The van der Waals surface area contributed by atoms with Gasteiger partial charge in [-0.2, -0.15) is 0 Å². The van der Waals surface area contributed by atoms with Crippen LogP contribution in [-0.2, 0) is 9.59 Å². The minimum atomic E-state index is -1.22. The van der Waals surface area contributed by atoms with Gasteiger partial charge >= 0.3 is 5.97 Å². The molecule has 0 spiro atoms. The number of carbonyl (C=O) groups is 3. The highest BCUT2D eigenvalue weighted by Gasteiger charge is 2.23. The summed E-state index contributed by atoms with van der Waals surface area (Å²) in [5.74, 6) is -2.67. The third kappa shape index (κ3) is 12.8. The van der Waals surface area contributed by atoms with Crippen molar-refractivity contribution in [3.05, 3.63) is 64.4 Å². The first kappa shape index (κ1) is 35.1. The first-order valence-electron chi connectivity index (χ1n) is 13.3. The predicted octanol–water partition coefficient (Wildman–Crippen LogP) is 4.17. The third-order valence-electron chi connectivity index (χ3n) is 5.79. The number of phenolic OH excluding ortho intramolecular Hbond substituents is 2. The maximum atomic E-state index is 12.6. The lowest BCUT2D eigenvalue weighted by molar-refractivity contribution is -0.137. The number of unbranched alkanes of at least 4 members (excludes halogenated alkanes) is 1. The second-order valence-corrected chi connectivity index (χ2v) is 9.81. The van der Waals surface area contributed by atoms with E-state index >= 15 is 0 Å². The molecule has 0 saturated heterocycles. The van der Waals surface area contributed by atoms with Gasteiger partial charge in [-0.1, -0.05) is 51.8 Å². The van der Waals surface area contributed by atoms with Gasteiger partial charge in [-0.3, -0.25) is 14.4 Å². The van der Waals surface area contributed by atoms with Gasteiger partial charge in [-0.05, 0) is 43.2 Å². The molecule has 2 aromatic rings. The van der Waals surface area contributed by atoms with E-state index in [1.807, 2.05) is 6.92 Å². The fourth-order valence-electron chi connectivity index (χ4n) is 3.37. The zero-order chi connectivity index (χ0) is 31.1. The highest BCUT2D eigenvalue weighted by molar-refractivity contribution is 6.30. The Labute approximate surface area is 245 Å². The molecule has 226 valence electrons. The van der Waals surface area contributed by atoms with Crippen LogP contribution in [0.25, 0.3) is 0 Å². The highest BCUT2D eigenvalue weighted by atomic mass is 35.5. The maximum absolute atomic E-state index is 12.6. The second-order valence-electron chi connectivity index (χ2n) is 9.38. The maximum Gasteiger partial charge on any atom is 0.305 e. The molecule has 2 rings (SSSR count). The monoisotopic (exact) mass is 592 g/mol. The first-order valence-corrected chi connectivity index (χ1v) is 13.7. The Morgan fingerprint density at radius 1 is 1.00 bits per heavy atom. The number of rotatable bonds is 14. The molecule has 0 bridgehead atoms. The van der Waals surface area contributed by atoms with E-state index in [0.717, 1.165) is 0 Å². The Morgan fingerprint density at radius 3 is 2.24 bits per heavy atom. The average molecular weight is 593 g/mol. The normalized spacial score (nSPS) is 11.8. The summed E-state index contributed by atoms with van der Waals surface area (Å²) < 4.78 is 0. The van der Waals surface area contributed by atoms with E-state index < -0.39 is 42.9 Å². The number of carbonyl (C=O) groups excluding carboxylic acids is 2. The summed E-state index contributed by atoms with van der Waals surface area (Å²) in [6.07, 6.45) is 2.11. The van der Waals surface area contributed by atoms with E-state index in [-0.39, 0.29) is 34.2 Å².